The third-order valence-corrected chi connectivity index (χ3v) is 2.91. The Hall–Kier alpha value is -1.88. The molecule has 0 aliphatic heterocycles. The Labute approximate surface area is 127 Å². The van der Waals surface area contributed by atoms with Gasteiger partial charge in [0, 0.05) is 12.1 Å². The van der Waals surface area contributed by atoms with Crippen LogP contribution < -0.4 is 5.32 Å². The Balaban J connectivity index is 2.63. The number of amidine groups is 1. The summed E-state index contributed by atoms with van der Waals surface area (Å²) < 4.78 is 5.39. The molecule has 0 aliphatic rings. The maximum Gasteiger partial charge on any atom is 0.291 e. The van der Waals surface area contributed by atoms with Crippen molar-refractivity contribution in [2.75, 3.05) is 33.8 Å². The molecule has 5 nitrogen and oxygen atoms in total. The average molecular weight is 291 g/mol. The third kappa shape index (κ3) is 6.40. The van der Waals surface area contributed by atoms with Crippen LogP contribution in [0.5, 0.6) is 0 Å². The lowest BCUT2D eigenvalue weighted by atomic mass is 10.1. The van der Waals surface area contributed by atoms with E-state index in [1.54, 1.807) is 6.07 Å². The predicted molar refractivity (Wildman–Crippen MR) is 85.7 cm³/mol. The molecule has 0 radical (unpaired) electrons. The highest BCUT2D eigenvalue weighted by molar-refractivity contribution is 6.04. The number of nitrogens with one attached hydrogen (secondary N) is 1. The molecule has 1 rings (SSSR count). The second-order valence-electron chi connectivity index (χ2n) is 5.05. The van der Waals surface area contributed by atoms with Gasteiger partial charge in [-0.2, -0.15) is 0 Å². The quantitative estimate of drug-likeness (QED) is 0.496. The Morgan fingerprint density at radius 1 is 1.33 bits per heavy atom. The van der Waals surface area contributed by atoms with E-state index in [0.29, 0.717) is 24.7 Å². The molecule has 0 aromatic heterocycles. The number of rotatable bonds is 6. The summed E-state index contributed by atoms with van der Waals surface area (Å²) in [5.74, 6) is -0.187. The van der Waals surface area contributed by atoms with E-state index in [1.807, 2.05) is 46.1 Å². The second-order valence-corrected chi connectivity index (χ2v) is 5.05. The van der Waals surface area contributed by atoms with Gasteiger partial charge in [0.25, 0.3) is 11.9 Å². The number of carbonyl (C=O) groups excluding carboxylic acids is 1. The molecular weight excluding hydrogens is 266 g/mol. The SMILES string of the molecule is CCOC(=NCCCN(C)C)NC(=O)c1ccccc1C. The highest BCUT2D eigenvalue weighted by atomic mass is 16.5. The Morgan fingerprint density at radius 3 is 2.67 bits per heavy atom. The maximum atomic E-state index is 12.2. The minimum absolute atomic E-state index is 0.187. The fourth-order valence-electron chi connectivity index (χ4n) is 1.82. The molecule has 0 atom stereocenters. The molecule has 1 amide bonds. The van der Waals surface area contributed by atoms with E-state index in [0.717, 1.165) is 18.5 Å². The van der Waals surface area contributed by atoms with Crippen molar-refractivity contribution in [2.24, 2.45) is 4.99 Å². The van der Waals surface area contributed by atoms with Gasteiger partial charge in [-0.25, -0.2) is 4.99 Å². The molecule has 0 heterocycles. The summed E-state index contributed by atoms with van der Waals surface area (Å²) in [6.07, 6.45) is 0.920. The van der Waals surface area contributed by atoms with Crippen LogP contribution in [0.1, 0.15) is 29.3 Å². The standard InChI is InChI=1S/C16H25N3O2/c1-5-21-16(17-11-8-12-19(3)4)18-15(20)14-10-7-6-9-13(14)2/h6-7,9-10H,5,8,11-12H2,1-4H3,(H,17,18,20). The predicted octanol–water partition coefficient (Wildman–Crippen LogP) is 2.07. The Morgan fingerprint density at radius 2 is 2.05 bits per heavy atom. The lowest BCUT2D eigenvalue weighted by molar-refractivity contribution is 0.0965. The minimum atomic E-state index is -0.187. The van der Waals surface area contributed by atoms with Crippen molar-refractivity contribution in [3.8, 4) is 0 Å². The molecule has 1 N–H and O–H groups in total. The molecule has 0 unspecified atom stereocenters. The van der Waals surface area contributed by atoms with Gasteiger partial charge in [0.05, 0.1) is 6.61 Å². The van der Waals surface area contributed by atoms with Crippen LogP contribution in [0.15, 0.2) is 29.3 Å². The Kier molecular flexibility index (Phi) is 7.46. The van der Waals surface area contributed by atoms with Crippen molar-refractivity contribution in [3.63, 3.8) is 0 Å². The molecule has 116 valence electrons. The van der Waals surface area contributed by atoms with Gasteiger partial charge < -0.3 is 9.64 Å². The van der Waals surface area contributed by atoms with Gasteiger partial charge in [-0.15, -0.1) is 0 Å². The van der Waals surface area contributed by atoms with Crippen molar-refractivity contribution < 1.29 is 9.53 Å². The van der Waals surface area contributed by atoms with Crippen LogP contribution in [-0.4, -0.2) is 50.6 Å². The van der Waals surface area contributed by atoms with Gasteiger partial charge in [0.1, 0.15) is 0 Å². The number of ether oxygens (including phenoxy) is 1. The van der Waals surface area contributed by atoms with Crippen LogP contribution in [0.3, 0.4) is 0 Å². The van der Waals surface area contributed by atoms with E-state index in [2.05, 4.69) is 15.2 Å². The number of hydrogen-bond donors (Lipinski definition) is 1. The summed E-state index contributed by atoms with van der Waals surface area (Å²) in [5.41, 5.74) is 1.57. The topological polar surface area (TPSA) is 53.9 Å². The Bertz CT molecular complexity index is 484. The number of aliphatic imine (C=N–C) groups is 1. The zero-order valence-electron chi connectivity index (χ0n) is 13.3. The summed E-state index contributed by atoms with van der Waals surface area (Å²) in [4.78, 5) is 18.6. The van der Waals surface area contributed by atoms with Crippen molar-refractivity contribution >= 4 is 11.9 Å². The van der Waals surface area contributed by atoms with E-state index >= 15 is 0 Å². The van der Waals surface area contributed by atoms with Crippen molar-refractivity contribution in [3.05, 3.63) is 35.4 Å². The van der Waals surface area contributed by atoms with Gasteiger partial charge in [0.2, 0.25) is 0 Å². The van der Waals surface area contributed by atoms with Crippen molar-refractivity contribution in [1.82, 2.24) is 10.2 Å². The summed E-state index contributed by atoms with van der Waals surface area (Å²) in [7, 11) is 4.04. The normalized spacial score (nSPS) is 11.6. The number of hydrogen-bond acceptors (Lipinski definition) is 4. The number of amides is 1. The molecular formula is C16H25N3O2. The maximum absolute atomic E-state index is 12.2. The van der Waals surface area contributed by atoms with Crippen LogP contribution in [0.4, 0.5) is 0 Å². The van der Waals surface area contributed by atoms with Crippen LogP contribution in [0.25, 0.3) is 0 Å². The molecule has 21 heavy (non-hydrogen) atoms. The highest BCUT2D eigenvalue weighted by Gasteiger charge is 2.11. The first-order valence-electron chi connectivity index (χ1n) is 7.23. The molecule has 5 heteroatoms. The number of carbonyl (C=O) groups is 1. The number of benzene rings is 1. The summed E-state index contributed by atoms with van der Waals surface area (Å²) >= 11 is 0. The van der Waals surface area contributed by atoms with Crippen molar-refractivity contribution in [2.45, 2.75) is 20.3 Å². The summed E-state index contributed by atoms with van der Waals surface area (Å²) in [6, 6.07) is 7.75. The van der Waals surface area contributed by atoms with Crippen LogP contribution in [-0.2, 0) is 4.74 Å². The molecule has 0 fully saturated rings. The fraction of sp³-hybridized carbons (Fsp3) is 0.500. The van der Waals surface area contributed by atoms with Crippen molar-refractivity contribution in [1.29, 1.82) is 0 Å². The molecule has 0 saturated heterocycles. The van der Waals surface area contributed by atoms with Crippen LogP contribution in [0.2, 0.25) is 0 Å². The van der Waals surface area contributed by atoms with Gasteiger partial charge in [-0.1, -0.05) is 18.2 Å². The molecule has 0 spiro atoms. The molecule has 0 saturated carbocycles. The largest absolute Gasteiger partial charge is 0.465 e. The molecule has 1 aromatic rings. The molecule has 0 aliphatic carbocycles. The van der Waals surface area contributed by atoms with Gasteiger partial charge in [-0.05, 0) is 52.5 Å². The zero-order chi connectivity index (χ0) is 15.7. The van der Waals surface area contributed by atoms with Crippen LogP contribution in [0, 0.1) is 6.92 Å². The third-order valence-electron chi connectivity index (χ3n) is 2.91. The van der Waals surface area contributed by atoms with E-state index < -0.39 is 0 Å². The van der Waals surface area contributed by atoms with Gasteiger partial charge in [-0.3, -0.25) is 10.1 Å². The minimum Gasteiger partial charge on any atom is -0.465 e. The fourth-order valence-corrected chi connectivity index (χ4v) is 1.82. The first-order chi connectivity index (χ1) is 10.0. The monoisotopic (exact) mass is 291 g/mol. The second kappa shape index (κ2) is 9.13. The lowest BCUT2D eigenvalue weighted by Crippen LogP contribution is -2.33. The zero-order valence-corrected chi connectivity index (χ0v) is 13.3. The number of aryl methyl sites for hydroxylation is 1. The van der Waals surface area contributed by atoms with Gasteiger partial charge in [0.15, 0.2) is 0 Å². The summed E-state index contributed by atoms with van der Waals surface area (Å²) in [5, 5.41) is 2.74. The van der Waals surface area contributed by atoms with E-state index in [4.69, 9.17) is 4.74 Å². The van der Waals surface area contributed by atoms with Crippen LogP contribution >= 0.6 is 0 Å². The number of nitrogens with zero attached hydrogens (tertiary/aromatic N) is 2. The first-order valence-corrected chi connectivity index (χ1v) is 7.23. The lowest BCUT2D eigenvalue weighted by Gasteiger charge is -2.11. The highest BCUT2D eigenvalue weighted by Crippen LogP contribution is 2.06. The molecule has 0 bridgehead atoms. The van der Waals surface area contributed by atoms with E-state index in [-0.39, 0.29) is 5.91 Å². The molecule has 1 aromatic carbocycles. The average Bonchev–Trinajstić information content (AvgIpc) is 2.43. The van der Waals surface area contributed by atoms with Gasteiger partial charge >= 0.3 is 0 Å². The van der Waals surface area contributed by atoms with E-state index in [9.17, 15) is 4.79 Å². The first kappa shape index (κ1) is 17.2. The summed E-state index contributed by atoms with van der Waals surface area (Å²) in [6.45, 7) is 5.83. The van der Waals surface area contributed by atoms with E-state index in [1.165, 1.54) is 0 Å². The smallest absolute Gasteiger partial charge is 0.291 e.